The molecular weight excluding hydrogens is 282 g/mol. The molecule has 0 unspecified atom stereocenters. The number of nitrogens with zero attached hydrogens (tertiary/aromatic N) is 2. The molecule has 1 heterocycles. The van der Waals surface area contributed by atoms with E-state index in [1.807, 2.05) is 36.4 Å². The van der Waals surface area contributed by atoms with Gasteiger partial charge in [0.15, 0.2) is 0 Å². The van der Waals surface area contributed by atoms with Crippen LogP contribution >= 0.6 is 11.6 Å². The average Bonchev–Trinajstić information content (AvgIpc) is 2.78. The quantitative estimate of drug-likeness (QED) is 0.726. The molecule has 2 N–H and O–H groups in total. The van der Waals surface area contributed by atoms with E-state index < -0.39 is 0 Å². The topological polar surface area (TPSA) is 43.8 Å². The summed E-state index contributed by atoms with van der Waals surface area (Å²) in [4.78, 5) is 4.76. The third-order valence-electron chi connectivity index (χ3n) is 3.56. The molecule has 0 fully saturated rings. The highest BCUT2D eigenvalue weighted by Crippen LogP contribution is 2.28. The monoisotopic (exact) mass is 299 g/mol. The second-order valence-corrected chi connectivity index (χ2v) is 5.93. The van der Waals surface area contributed by atoms with Crippen molar-refractivity contribution >= 4 is 28.3 Å². The van der Waals surface area contributed by atoms with Crippen molar-refractivity contribution in [3.8, 4) is 0 Å². The van der Waals surface area contributed by atoms with E-state index in [1.165, 1.54) is 0 Å². The number of para-hydroxylation sites is 1. The highest BCUT2D eigenvalue weighted by Gasteiger charge is 2.15. The lowest BCUT2D eigenvalue weighted by Gasteiger charge is -2.14. The first-order chi connectivity index (χ1) is 10.1. The van der Waals surface area contributed by atoms with Crippen LogP contribution in [0, 0.1) is 0 Å². The zero-order chi connectivity index (χ0) is 15.0. The zero-order valence-corrected chi connectivity index (χ0v) is 12.9. The number of hydrogen-bond acceptors (Lipinski definition) is 2. The van der Waals surface area contributed by atoms with Crippen LogP contribution < -0.4 is 5.73 Å². The first-order valence-corrected chi connectivity index (χ1v) is 7.44. The van der Waals surface area contributed by atoms with Gasteiger partial charge in [0, 0.05) is 18.2 Å². The average molecular weight is 300 g/mol. The third kappa shape index (κ3) is 2.61. The molecule has 2 aromatic carbocycles. The molecule has 108 valence electrons. The molecule has 0 atom stereocenters. The standard InChI is InChI=1S/C17H18ClN3/c1-11(2)21-16(10-12-5-3-6-13(19)9-12)20-15-8-4-7-14(18)17(15)21/h3-9,11H,10,19H2,1-2H3. The lowest BCUT2D eigenvalue weighted by molar-refractivity contribution is 0.591. The molecule has 3 rings (SSSR count). The highest BCUT2D eigenvalue weighted by atomic mass is 35.5. The molecule has 0 spiro atoms. The largest absolute Gasteiger partial charge is 0.399 e. The molecule has 1 aromatic heterocycles. The summed E-state index contributed by atoms with van der Waals surface area (Å²) in [5.74, 6) is 1.01. The number of nitrogen functional groups attached to an aromatic ring is 1. The van der Waals surface area contributed by atoms with Gasteiger partial charge in [0.1, 0.15) is 5.82 Å². The minimum atomic E-state index is 0.297. The fraction of sp³-hybridized carbons (Fsp3) is 0.235. The first-order valence-electron chi connectivity index (χ1n) is 7.06. The summed E-state index contributed by atoms with van der Waals surface area (Å²) >= 11 is 6.37. The Hall–Kier alpha value is -2.00. The van der Waals surface area contributed by atoms with Gasteiger partial charge in [0.05, 0.1) is 16.1 Å². The lowest BCUT2D eigenvalue weighted by Crippen LogP contribution is -2.07. The molecule has 0 saturated heterocycles. The van der Waals surface area contributed by atoms with E-state index in [0.717, 1.165) is 39.6 Å². The van der Waals surface area contributed by atoms with Crippen molar-refractivity contribution in [2.45, 2.75) is 26.3 Å². The number of aromatic nitrogens is 2. The minimum absolute atomic E-state index is 0.297. The predicted octanol–water partition coefficient (Wildman–Crippen LogP) is 4.44. The van der Waals surface area contributed by atoms with Gasteiger partial charge in [0.2, 0.25) is 0 Å². The van der Waals surface area contributed by atoms with E-state index in [9.17, 15) is 0 Å². The van der Waals surface area contributed by atoms with Crippen LogP contribution in [-0.2, 0) is 6.42 Å². The van der Waals surface area contributed by atoms with Crippen molar-refractivity contribution in [2.24, 2.45) is 0 Å². The van der Waals surface area contributed by atoms with E-state index >= 15 is 0 Å². The third-order valence-corrected chi connectivity index (χ3v) is 3.87. The number of halogens is 1. The van der Waals surface area contributed by atoms with Crippen LogP contribution in [0.3, 0.4) is 0 Å². The van der Waals surface area contributed by atoms with Crippen molar-refractivity contribution in [3.05, 3.63) is 58.9 Å². The first kappa shape index (κ1) is 14.0. The highest BCUT2D eigenvalue weighted by molar-refractivity contribution is 6.35. The van der Waals surface area contributed by atoms with Gasteiger partial charge in [-0.15, -0.1) is 0 Å². The molecule has 0 radical (unpaired) electrons. The maximum absolute atomic E-state index is 6.37. The molecule has 21 heavy (non-hydrogen) atoms. The van der Waals surface area contributed by atoms with Gasteiger partial charge in [-0.1, -0.05) is 29.8 Å². The van der Waals surface area contributed by atoms with Crippen LogP contribution in [0.25, 0.3) is 11.0 Å². The molecular formula is C17H18ClN3. The Morgan fingerprint density at radius 3 is 2.67 bits per heavy atom. The van der Waals surface area contributed by atoms with Gasteiger partial charge in [-0.05, 0) is 43.7 Å². The van der Waals surface area contributed by atoms with E-state index in [1.54, 1.807) is 0 Å². The van der Waals surface area contributed by atoms with E-state index in [0.29, 0.717) is 6.04 Å². The number of imidazole rings is 1. The summed E-state index contributed by atoms with van der Waals surface area (Å²) in [6.45, 7) is 4.29. The van der Waals surface area contributed by atoms with Crippen LogP contribution in [0.5, 0.6) is 0 Å². The molecule has 3 nitrogen and oxygen atoms in total. The van der Waals surface area contributed by atoms with Crippen LogP contribution in [0.15, 0.2) is 42.5 Å². The molecule has 4 heteroatoms. The van der Waals surface area contributed by atoms with Gasteiger partial charge >= 0.3 is 0 Å². The smallest absolute Gasteiger partial charge is 0.114 e. The maximum Gasteiger partial charge on any atom is 0.114 e. The van der Waals surface area contributed by atoms with Crippen molar-refractivity contribution in [1.29, 1.82) is 0 Å². The number of rotatable bonds is 3. The lowest BCUT2D eigenvalue weighted by atomic mass is 10.1. The minimum Gasteiger partial charge on any atom is -0.399 e. The fourth-order valence-corrected chi connectivity index (χ4v) is 2.98. The zero-order valence-electron chi connectivity index (χ0n) is 12.2. The Morgan fingerprint density at radius 2 is 1.95 bits per heavy atom. The van der Waals surface area contributed by atoms with Crippen molar-refractivity contribution in [2.75, 3.05) is 5.73 Å². The van der Waals surface area contributed by atoms with E-state index in [2.05, 4.69) is 24.5 Å². The summed E-state index contributed by atoms with van der Waals surface area (Å²) in [5, 5.41) is 0.743. The normalized spacial score (nSPS) is 11.4. The molecule has 0 saturated carbocycles. The Bertz CT molecular complexity index is 790. The Kier molecular flexibility index (Phi) is 3.60. The second kappa shape index (κ2) is 5.41. The number of hydrogen-bond donors (Lipinski definition) is 1. The molecule has 0 aliphatic rings. The van der Waals surface area contributed by atoms with Gasteiger partial charge in [-0.3, -0.25) is 0 Å². The number of nitrogens with two attached hydrogens (primary N) is 1. The van der Waals surface area contributed by atoms with Crippen molar-refractivity contribution < 1.29 is 0 Å². The van der Waals surface area contributed by atoms with Gasteiger partial charge < -0.3 is 10.3 Å². The van der Waals surface area contributed by atoms with E-state index in [4.69, 9.17) is 22.3 Å². The summed E-state index contributed by atoms with van der Waals surface area (Å²) < 4.78 is 2.21. The van der Waals surface area contributed by atoms with Crippen molar-refractivity contribution in [1.82, 2.24) is 9.55 Å². The van der Waals surface area contributed by atoms with Crippen molar-refractivity contribution in [3.63, 3.8) is 0 Å². The van der Waals surface area contributed by atoms with Crippen LogP contribution in [0.4, 0.5) is 5.69 Å². The molecule has 0 amide bonds. The summed E-state index contributed by atoms with van der Waals surface area (Å²) in [6.07, 6.45) is 0.744. The Balaban J connectivity index is 2.14. The Morgan fingerprint density at radius 1 is 1.19 bits per heavy atom. The van der Waals surface area contributed by atoms with Crippen LogP contribution in [0.1, 0.15) is 31.3 Å². The van der Waals surface area contributed by atoms with Crippen LogP contribution in [-0.4, -0.2) is 9.55 Å². The maximum atomic E-state index is 6.37. The molecule has 0 aliphatic carbocycles. The number of benzene rings is 2. The van der Waals surface area contributed by atoms with E-state index in [-0.39, 0.29) is 0 Å². The summed E-state index contributed by atoms with van der Waals surface area (Å²) in [7, 11) is 0. The second-order valence-electron chi connectivity index (χ2n) is 5.52. The molecule has 0 aliphatic heterocycles. The Labute approximate surface area is 129 Å². The van der Waals surface area contributed by atoms with Gasteiger partial charge in [-0.2, -0.15) is 0 Å². The summed E-state index contributed by atoms with van der Waals surface area (Å²) in [6, 6.07) is 14.1. The SMILES string of the molecule is CC(C)n1c(Cc2cccc(N)c2)nc2cccc(Cl)c21. The van der Waals surface area contributed by atoms with Gasteiger partial charge in [0.25, 0.3) is 0 Å². The van der Waals surface area contributed by atoms with Gasteiger partial charge in [-0.25, -0.2) is 4.98 Å². The molecule has 0 bridgehead atoms. The van der Waals surface area contributed by atoms with Crippen LogP contribution in [0.2, 0.25) is 5.02 Å². The number of anilines is 1. The molecule has 3 aromatic rings. The fourth-order valence-electron chi connectivity index (χ4n) is 2.72. The number of fused-ring (bicyclic) bond motifs is 1. The predicted molar refractivity (Wildman–Crippen MR) is 88.8 cm³/mol. The summed E-state index contributed by atoms with van der Waals surface area (Å²) in [5.41, 5.74) is 9.74.